The molecule has 2 rings (SSSR count). The summed E-state index contributed by atoms with van der Waals surface area (Å²) in [6, 6.07) is -2.20. The number of nitrogens with one attached hydrogen (secondary N) is 4. The molecule has 11 heteroatoms. The van der Waals surface area contributed by atoms with Crippen LogP contribution in [0.3, 0.4) is 0 Å². The maximum Gasteiger partial charge on any atom is 0.309 e. The molecule has 1 aliphatic carbocycles. The SMILES string of the molecule is CCCCCCC(=O)OCC(=O)[C@H](C[C@@H]1CCNC1=O)NC(=O)[C@H](CC(C)C)NC(=O)C(=O)NC1CCCCC1. The second-order valence-corrected chi connectivity index (χ2v) is 11.5. The predicted molar refractivity (Wildman–Crippen MR) is 149 cm³/mol. The van der Waals surface area contributed by atoms with Crippen molar-refractivity contribution in [1.82, 2.24) is 21.3 Å². The van der Waals surface area contributed by atoms with Crippen LogP contribution in [0.5, 0.6) is 0 Å². The van der Waals surface area contributed by atoms with Crippen molar-refractivity contribution in [2.75, 3.05) is 13.2 Å². The van der Waals surface area contributed by atoms with Gasteiger partial charge >= 0.3 is 17.8 Å². The molecule has 0 unspecified atom stereocenters. The minimum absolute atomic E-state index is 0.000815. The molecule has 4 amide bonds. The monoisotopic (exact) mass is 564 g/mol. The largest absolute Gasteiger partial charge is 0.458 e. The zero-order valence-electron chi connectivity index (χ0n) is 24.4. The van der Waals surface area contributed by atoms with E-state index in [-0.39, 0.29) is 37.1 Å². The van der Waals surface area contributed by atoms with Crippen LogP contribution in [-0.4, -0.2) is 66.7 Å². The van der Waals surface area contributed by atoms with Crippen molar-refractivity contribution >= 4 is 35.4 Å². The van der Waals surface area contributed by atoms with Crippen LogP contribution in [0.1, 0.15) is 104 Å². The molecule has 11 nitrogen and oxygen atoms in total. The van der Waals surface area contributed by atoms with Gasteiger partial charge in [0.2, 0.25) is 11.8 Å². The Hall–Kier alpha value is -2.98. The normalized spacial score (nSPS) is 18.9. The molecule has 3 atom stereocenters. The van der Waals surface area contributed by atoms with Crippen LogP contribution >= 0.6 is 0 Å². The van der Waals surface area contributed by atoms with Gasteiger partial charge in [-0.05, 0) is 44.4 Å². The van der Waals surface area contributed by atoms with Gasteiger partial charge in [-0.2, -0.15) is 0 Å². The van der Waals surface area contributed by atoms with E-state index in [1.807, 2.05) is 13.8 Å². The molecular weight excluding hydrogens is 516 g/mol. The Bertz CT molecular complexity index is 886. The summed E-state index contributed by atoms with van der Waals surface area (Å²) in [6.45, 7) is 5.78. The third kappa shape index (κ3) is 12.0. The van der Waals surface area contributed by atoms with Crippen LogP contribution in [0.25, 0.3) is 0 Å². The number of ketones is 1. The maximum absolute atomic E-state index is 13.3. The zero-order chi connectivity index (χ0) is 29.5. The summed E-state index contributed by atoms with van der Waals surface area (Å²) in [5, 5.41) is 10.7. The molecule has 0 aromatic carbocycles. The number of Topliss-reactive ketones (excluding diaryl/α,β-unsaturated/α-hetero) is 1. The van der Waals surface area contributed by atoms with Gasteiger partial charge in [-0.25, -0.2) is 0 Å². The average Bonchev–Trinajstić information content (AvgIpc) is 3.33. The summed E-state index contributed by atoms with van der Waals surface area (Å²) in [4.78, 5) is 75.9. The van der Waals surface area contributed by atoms with Crippen LogP contribution < -0.4 is 21.3 Å². The smallest absolute Gasteiger partial charge is 0.309 e. The number of unbranched alkanes of at least 4 members (excludes halogenated alkanes) is 3. The first kappa shape index (κ1) is 33.2. The molecule has 0 aromatic rings. The first-order valence-electron chi connectivity index (χ1n) is 15.0. The molecule has 0 aromatic heterocycles. The summed E-state index contributed by atoms with van der Waals surface area (Å²) < 4.78 is 5.17. The van der Waals surface area contributed by atoms with E-state index in [9.17, 15) is 28.8 Å². The van der Waals surface area contributed by atoms with Crippen molar-refractivity contribution in [3.8, 4) is 0 Å². The minimum Gasteiger partial charge on any atom is -0.458 e. The molecule has 0 spiro atoms. The van der Waals surface area contributed by atoms with Gasteiger partial charge < -0.3 is 26.0 Å². The third-order valence-electron chi connectivity index (χ3n) is 7.47. The summed E-state index contributed by atoms with van der Waals surface area (Å²) in [5.41, 5.74) is 0. The molecule has 4 N–H and O–H groups in total. The lowest BCUT2D eigenvalue weighted by atomic mass is 9.95. The Morgan fingerprint density at radius 3 is 2.27 bits per heavy atom. The van der Waals surface area contributed by atoms with Gasteiger partial charge in [0.05, 0.1) is 6.04 Å². The number of esters is 1. The van der Waals surface area contributed by atoms with Crippen LogP contribution in [0, 0.1) is 11.8 Å². The lowest BCUT2D eigenvalue weighted by Gasteiger charge is -2.26. The molecule has 2 fully saturated rings. The Labute approximate surface area is 237 Å². The standard InChI is InChI=1S/C29H48N4O7/c1-4-5-6-10-13-25(35)40-18-24(34)22(17-20-14-15-30-26(20)36)32-27(37)23(16-19(2)3)33-29(39)28(38)31-21-11-8-7-9-12-21/h19-23H,4-18H2,1-3H3,(H,30,36)(H,31,38)(H,32,37)(H,33,39)/t20-,22-,23-/m0/s1. The molecule has 1 aliphatic heterocycles. The van der Waals surface area contributed by atoms with Crippen LogP contribution in [0.2, 0.25) is 0 Å². The highest BCUT2D eigenvalue weighted by atomic mass is 16.5. The fourth-order valence-corrected chi connectivity index (χ4v) is 5.14. The van der Waals surface area contributed by atoms with Crippen molar-refractivity contribution in [3.05, 3.63) is 0 Å². The topological polar surface area (TPSA) is 160 Å². The van der Waals surface area contributed by atoms with Gasteiger partial charge in [-0.1, -0.05) is 59.3 Å². The summed E-state index contributed by atoms with van der Waals surface area (Å²) >= 11 is 0. The average molecular weight is 565 g/mol. The van der Waals surface area contributed by atoms with E-state index in [4.69, 9.17) is 4.74 Å². The highest BCUT2D eigenvalue weighted by molar-refractivity contribution is 6.35. The van der Waals surface area contributed by atoms with Crippen LogP contribution in [-0.2, 0) is 33.5 Å². The van der Waals surface area contributed by atoms with Gasteiger partial charge in [0.1, 0.15) is 6.04 Å². The van der Waals surface area contributed by atoms with E-state index in [1.54, 1.807) is 0 Å². The van der Waals surface area contributed by atoms with Gasteiger partial charge in [-0.15, -0.1) is 0 Å². The Morgan fingerprint density at radius 2 is 1.65 bits per heavy atom. The molecule has 0 bridgehead atoms. The molecule has 1 saturated heterocycles. The number of ether oxygens (including phenoxy) is 1. The number of hydrogen-bond acceptors (Lipinski definition) is 7. The molecule has 226 valence electrons. The molecular formula is C29H48N4O7. The number of carbonyl (C=O) groups is 6. The first-order valence-corrected chi connectivity index (χ1v) is 15.0. The van der Waals surface area contributed by atoms with Gasteiger partial charge in [-0.3, -0.25) is 28.8 Å². The lowest BCUT2D eigenvalue weighted by Crippen LogP contribution is -2.55. The van der Waals surface area contributed by atoms with E-state index in [0.29, 0.717) is 19.4 Å². The Kier molecular flexibility index (Phi) is 14.7. The van der Waals surface area contributed by atoms with Gasteiger partial charge in [0.25, 0.3) is 0 Å². The predicted octanol–water partition coefficient (Wildman–Crippen LogP) is 2.06. The number of amides is 4. The first-order chi connectivity index (χ1) is 19.1. The molecule has 2 aliphatic rings. The van der Waals surface area contributed by atoms with Crippen molar-refractivity contribution in [2.45, 2.75) is 122 Å². The van der Waals surface area contributed by atoms with Crippen molar-refractivity contribution in [1.29, 1.82) is 0 Å². The summed E-state index contributed by atoms with van der Waals surface area (Å²) in [5.74, 6) is -4.00. The zero-order valence-corrected chi connectivity index (χ0v) is 24.4. The number of carbonyl (C=O) groups excluding carboxylic acids is 6. The third-order valence-corrected chi connectivity index (χ3v) is 7.47. The van der Waals surface area contributed by atoms with E-state index < -0.39 is 54.1 Å². The van der Waals surface area contributed by atoms with Gasteiger partial charge in [0.15, 0.2) is 12.4 Å². The van der Waals surface area contributed by atoms with Crippen LogP contribution in [0.4, 0.5) is 0 Å². The quantitative estimate of drug-likeness (QED) is 0.127. The van der Waals surface area contributed by atoms with Crippen molar-refractivity contribution in [2.24, 2.45) is 11.8 Å². The minimum atomic E-state index is -1.09. The fourth-order valence-electron chi connectivity index (χ4n) is 5.14. The molecule has 1 saturated carbocycles. The van der Waals surface area contributed by atoms with E-state index in [2.05, 4.69) is 28.2 Å². The van der Waals surface area contributed by atoms with Crippen LogP contribution in [0.15, 0.2) is 0 Å². The van der Waals surface area contributed by atoms with E-state index in [1.165, 1.54) is 0 Å². The highest BCUT2D eigenvalue weighted by Crippen LogP contribution is 2.18. The second-order valence-electron chi connectivity index (χ2n) is 11.5. The summed E-state index contributed by atoms with van der Waals surface area (Å²) in [6.07, 6.45) is 9.37. The molecule has 1 heterocycles. The molecule has 0 radical (unpaired) electrons. The second kappa shape index (κ2) is 17.7. The Balaban J connectivity index is 2.02. The highest BCUT2D eigenvalue weighted by Gasteiger charge is 2.34. The lowest BCUT2D eigenvalue weighted by molar-refractivity contribution is -0.149. The van der Waals surface area contributed by atoms with Crippen molar-refractivity contribution < 1.29 is 33.5 Å². The number of rotatable bonds is 16. The van der Waals surface area contributed by atoms with Crippen molar-refractivity contribution in [3.63, 3.8) is 0 Å². The number of hydrogen-bond donors (Lipinski definition) is 4. The maximum atomic E-state index is 13.3. The van der Waals surface area contributed by atoms with E-state index >= 15 is 0 Å². The Morgan fingerprint density at radius 1 is 0.925 bits per heavy atom. The van der Waals surface area contributed by atoms with E-state index in [0.717, 1.165) is 51.4 Å². The molecule has 40 heavy (non-hydrogen) atoms. The fraction of sp³-hybridized carbons (Fsp3) is 0.793. The summed E-state index contributed by atoms with van der Waals surface area (Å²) in [7, 11) is 0. The van der Waals surface area contributed by atoms with Gasteiger partial charge in [0, 0.05) is 24.9 Å².